The molecular formula is C15H22N2O2S. The SMILES string of the molecule is CS[C@H](C)c1cccc(NC(=O)N[C@@H]2CCO[C@H]2C)c1. The number of benzene rings is 1. The molecule has 1 saturated heterocycles. The van der Waals surface area contributed by atoms with E-state index in [-0.39, 0.29) is 18.2 Å². The van der Waals surface area contributed by atoms with Crippen LogP contribution in [-0.4, -0.2) is 31.0 Å². The lowest BCUT2D eigenvalue weighted by atomic mass is 10.1. The fraction of sp³-hybridized carbons (Fsp3) is 0.533. The molecule has 2 N–H and O–H groups in total. The number of urea groups is 1. The van der Waals surface area contributed by atoms with Gasteiger partial charge in [0.2, 0.25) is 0 Å². The molecule has 3 atom stereocenters. The molecule has 0 radical (unpaired) electrons. The minimum Gasteiger partial charge on any atom is -0.376 e. The molecule has 1 aliphatic rings. The molecule has 1 aromatic rings. The van der Waals surface area contributed by atoms with E-state index >= 15 is 0 Å². The van der Waals surface area contributed by atoms with Crippen LogP contribution in [0.15, 0.2) is 24.3 Å². The van der Waals surface area contributed by atoms with Crippen molar-refractivity contribution in [2.24, 2.45) is 0 Å². The standard InChI is InChI=1S/C15H22N2O2S/c1-10-14(7-8-19-10)17-15(18)16-13-6-4-5-12(9-13)11(2)20-3/h4-6,9-11,14H,7-8H2,1-3H3,(H2,16,17,18)/t10-,11+,14+/m0/s1. The molecule has 1 aromatic carbocycles. The van der Waals surface area contributed by atoms with Crippen molar-refractivity contribution in [1.29, 1.82) is 0 Å². The molecule has 0 unspecified atom stereocenters. The minimum absolute atomic E-state index is 0.0867. The smallest absolute Gasteiger partial charge is 0.319 e. The van der Waals surface area contributed by atoms with Gasteiger partial charge in [0.25, 0.3) is 0 Å². The number of thioether (sulfide) groups is 1. The fourth-order valence-electron chi connectivity index (χ4n) is 2.26. The molecule has 0 aliphatic carbocycles. The van der Waals surface area contributed by atoms with Crippen LogP contribution in [0.4, 0.5) is 10.5 Å². The van der Waals surface area contributed by atoms with Crippen LogP contribution in [0.2, 0.25) is 0 Å². The van der Waals surface area contributed by atoms with Crippen LogP contribution in [0.5, 0.6) is 0 Å². The molecule has 1 fully saturated rings. The monoisotopic (exact) mass is 294 g/mol. The van der Waals surface area contributed by atoms with Crippen LogP contribution < -0.4 is 10.6 Å². The highest BCUT2D eigenvalue weighted by atomic mass is 32.2. The molecule has 2 amide bonds. The molecule has 0 saturated carbocycles. The van der Waals surface area contributed by atoms with E-state index in [1.165, 1.54) is 5.56 Å². The lowest BCUT2D eigenvalue weighted by molar-refractivity contribution is 0.114. The van der Waals surface area contributed by atoms with Gasteiger partial charge in [0.1, 0.15) is 0 Å². The summed E-state index contributed by atoms with van der Waals surface area (Å²) in [5.41, 5.74) is 2.04. The van der Waals surface area contributed by atoms with Gasteiger partial charge in [0.15, 0.2) is 0 Å². The largest absolute Gasteiger partial charge is 0.376 e. The van der Waals surface area contributed by atoms with Gasteiger partial charge < -0.3 is 15.4 Å². The molecule has 0 spiro atoms. The van der Waals surface area contributed by atoms with Gasteiger partial charge >= 0.3 is 6.03 Å². The Bertz CT molecular complexity index is 467. The summed E-state index contributed by atoms with van der Waals surface area (Å²) in [5.74, 6) is 0. The lowest BCUT2D eigenvalue weighted by Crippen LogP contribution is -2.41. The first-order valence-corrected chi connectivity index (χ1v) is 8.21. The van der Waals surface area contributed by atoms with Crippen molar-refractivity contribution in [3.63, 3.8) is 0 Å². The van der Waals surface area contributed by atoms with E-state index in [0.29, 0.717) is 11.9 Å². The third-order valence-corrected chi connectivity index (χ3v) is 4.64. The van der Waals surface area contributed by atoms with E-state index in [4.69, 9.17) is 4.74 Å². The van der Waals surface area contributed by atoms with Gasteiger partial charge in [0, 0.05) is 17.5 Å². The molecule has 2 rings (SSSR count). The van der Waals surface area contributed by atoms with Crippen LogP contribution in [0.1, 0.15) is 31.1 Å². The second-order valence-electron chi connectivity index (χ2n) is 5.07. The Morgan fingerprint density at radius 1 is 1.50 bits per heavy atom. The van der Waals surface area contributed by atoms with Crippen molar-refractivity contribution in [3.8, 4) is 0 Å². The number of ether oxygens (including phenoxy) is 1. The van der Waals surface area contributed by atoms with Crippen LogP contribution in [0.25, 0.3) is 0 Å². The fourth-order valence-corrected chi connectivity index (χ4v) is 2.68. The van der Waals surface area contributed by atoms with Crippen molar-refractivity contribution in [1.82, 2.24) is 5.32 Å². The Kier molecular flexibility index (Phi) is 5.31. The molecule has 4 nitrogen and oxygen atoms in total. The average molecular weight is 294 g/mol. The first kappa shape index (κ1) is 15.2. The number of hydrogen-bond acceptors (Lipinski definition) is 3. The summed E-state index contributed by atoms with van der Waals surface area (Å²) in [7, 11) is 0. The lowest BCUT2D eigenvalue weighted by Gasteiger charge is -2.17. The van der Waals surface area contributed by atoms with Crippen molar-refractivity contribution in [2.45, 2.75) is 37.7 Å². The van der Waals surface area contributed by atoms with E-state index in [9.17, 15) is 4.79 Å². The number of hydrogen-bond donors (Lipinski definition) is 2. The summed E-state index contributed by atoms with van der Waals surface area (Å²) in [5, 5.41) is 6.27. The number of nitrogens with one attached hydrogen (secondary N) is 2. The van der Waals surface area contributed by atoms with E-state index in [1.54, 1.807) is 11.8 Å². The Labute approximate surface area is 124 Å². The maximum Gasteiger partial charge on any atom is 0.319 e. The molecule has 110 valence electrons. The summed E-state index contributed by atoms with van der Waals surface area (Å²) in [4.78, 5) is 12.0. The van der Waals surface area contributed by atoms with Crippen molar-refractivity contribution >= 4 is 23.5 Å². The van der Waals surface area contributed by atoms with E-state index in [1.807, 2.05) is 25.1 Å². The van der Waals surface area contributed by atoms with E-state index in [2.05, 4.69) is 29.9 Å². The topological polar surface area (TPSA) is 50.4 Å². The predicted octanol–water partition coefficient (Wildman–Crippen LogP) is 3.41. The second kappa shape index (κ2) is 6.99. The average Bonchev–Trinajstić information content (AvgIpc) is 2.83. The summed E-state index contributed by atoms with van der Waals surface area (Å²) in [6.07, 6.45) is 3.04. The first-order valence-electron chi connectivity index (χ1n) is 6.92. The first-order chi connectivity index (χ1) is 9.60. The normalized spacial score (nSPS) is 23.4. The van der Waals surface area contributed by atoms with Crippen LogP contribution >= 0.6 is 11.8 Å². The Morgan fingerprint density at radius 2 is 2.30 bits per heavy atom. The molecule has 0 aromatic heterocycles. The third kappa shape index (κ3) is 3.90. The van der Waals surface area contributed by atoms with Crippen LogP contribution in [0, 0.1) is 0 Å². The zero-order chi connectivity index (χ0) is 14.5. The Morgan fingerprint density at radius 3 is 2.95 bits per heavy atom. The van der Waals surface area contributed by atoms with Crippen molar-refractivity contribution in [3.05, 3.63) is 29.8 Å². The molecule has 5 heteroatoms. The summed E-state index contributed by atoms with van der Waals surface area (Å²) >= 11 is 1.79. The maximum atomic E-state index is 12.0. The Hall–Kier alpha value is -1.20. The molecular weight excluding hydrogens is 272 g/mol. The second-order valence-corrected chi connectivity index (χ2v) is 6.25. The van der Waals surface area contributed by atoms with Gasteiger partial charge in [-0.3, -0.25) is 0 Å². The van der Waals surface area contributed by atoms with E-state index in [0.717, 1.165) is 12.1 Å². The molecule has 0 bridgehead atoms. The van der Waals surface area contributed by atoms with Crippen LogP contribution in [-0.2, 0) is 4.74 Å². The molecule has 1 aliphatic heterocycles. The predicted molar refractivity (Wildman–Crippen MR) is 84.3 cm³/mol. The summed E-state index contributed by atoms with van der Waals surface area (Å²) in [6, 6.07) is 7.92. The Balaban J connectivity index is 1.93. The van der Waals surface area contributed by atoms with Gasteiger partial charge in [-0.25, -0.2) is 4.79 Å². The van der Waals surface area contributed by atoms with Gasteiger partial charge in [-0.1, -0.05) is 12.1 Å². The zero-order valence-electron chi connectivity index (χ0n) is 12.2. The minimum atomic E-state index is -0.165. The number of rotatable bonds is 4. The third-order valence-electron chi connectivity index (χ3n) is 3.66. The molecule has 1 heterocycles. The summed E-state index contributed by atoms with van der Waals surface area (Å²) < 4.78 is 5.44. The number of carbonyl (C=O) groups is 1. The van der Waals surface area contributed by atoms with Crippen molar-refractivity contribution in [2.75, 3.05) is 18.2 Å². The van der Waals surface area contributed by atoms with Gasteiger partial charge in [-0.05, 0) is 44.2 Å². The maximum absolute atomic E-state index is 12.0. The highest BCUT2D eigenvalue weighted by Crippen LogP contribution is 2.27. The molecule has 20 heavy (non-hydrogen) atoms. The number of anilines is 1. The highest BCUT2D eigenvalue weighted by molar-refractivity contribution is 7.98. The number of amides is 2. The summed E-state index contributed by atoms with van der Waals surface area (Å²) in [6.45, 7) is 4.85. The van der Waals surface area contributed by atoms with E-state index < -0.39 is 0 Å². The van der Waals surface area contributed by atoms with Gasteiger partial charge in [0.05, 0.1) is 12.1 Å². The van der Waals surface area contributed by atoms with Gasteiger partial charge in [-0.15, -0.1) is 0 Å². The number of carbonyl (C=O) groups excluding carboxylic acids is 1. The van der Waals surface area contributed by atoms with Crippen molar-refractivity contribution < 1.29 is 9.53 Å². The van der Waals surface area contributed by atoms with Crippen LogP contribution in [0.3, 0.4) is 0 Å². The zero-order valence-corrected chi connectivity index (χ0v) is 13.0. The highest BCUT2D eigenvalue weighted by Gasteiger charge is 2.25. The van der Waals surface area contributed by atoms with Gasteiger partial charge in [-0.2, -0.15) is 11.8 Å². The quantitative estimate of drug-likeness (QED) is 0.894.